The fourth-order valence-electron chi connectivity index (χ4n) is 1.39. The summed E-state index contributed by atoms with van der Waals surface area (Å²) in [5, 5.41) is 0. The second kappa shape index (κ2) is 3.81. The van der Waals surface area contributed by atoms with Gasteiger partial charge in [0.15, 0.2) is 11.4 Å². The van der Waals surface area contributed by atoms with Crippen LogP contribution in [-0.4, -0.2) is 9.97 Å². The van der Waals surface area contributed by atoms with Crippen molar-refractivity contribution in [2.75, 3.05) is 0 Å². The van der Waals surface area contributed by atoms with E-state index in [1.807, 2.05) is 0 Å². The highest BCUT2D eigenvalue weighted by molar-refractivity contribution is 5.71. The lowest BCUT2D eigenvalue weighted by Gasteiger charge is -2.02. The maximum Gasteiger partial charge on any atom is 0.365 e. The highest BCUT2D eigenvalue weighted by Crippen LogP contribution is 2.08. The van der Waals surface area contributed by atoms with Gasteiger partial charge in [-0.25, -0.2) is 14.8 Å². The van der Waals surface area contributed by atoms with Gasteiger partial charge in [-0.3, -0.25) is 0 Å². The fraction of sp³-hybridized carbons (Fsp3) is 0.364. The normalized spacial score (nSPS) is 11.1. The Balaban J connectivity index is 2.57. The Morgan fingerprint density at radius 3 is 3.00 bits per heavy atom. The predicted molar refractivity (Wildman–Crippen MR) is 56.6 cm³/mol. The highest BCUT2D eigenvalue weighted by atomic mass is 16.4. The first-order valence-electron chi connectivity index (χ1n) is 4.91. The second-order valence-electron chi connectivity index (χ2n) is 3.86. The third kappa shape index (κ3) is 2.03. The third-order valence-electron chi connectivity index (χ3n) is 2.02. The van der Waals surface area contributed by atoms with Crippen LogP contribution in [-0.2, 0) is 6.42 Å². The minimum Gasteiger partial charge on any atom is -0.407 e. The second-order valence-corrected chi connectivity index (χ2v) is 3.86. The largest absolute Gasteiger partial charge is 0.407 e. The van der Waals surface area contributed by atoms with Crippen molar-refractivity contribution < 1.29 is 4.42 Å². The predicted octanol–water partition coefficient (Wildman–Crippen LogP) is 1.78. The summed E-state index contributed by atoms with van der Waals surface area (Å²) < 4.78 is 5.07. The molecule has 0 saturated carbocycles. The van der Waals surface area contributed by atoms with Crippen LogP contribution < -0.4 is 5.63 Å². The van der Waals surface area contributed by atoms with Crippen molar-refractivity contribution in [2.45, 2.75) is 20.3 Å². The first kappa shape index (κ1) is 9.83. The molecule has 2 heterocycles. The molecule has 0 amide bonds. The van der Waals surface area contributed by atoms with Gasteiger partial charge in [-0.1, -0.05) is 13.8 Å². The molecule has 0 radical (unpaired) electrons. The molecule has 2 aromatic rings. The van der Waals surface area contributed by atoms with Crippen molar-refractivity contribution in [2.24, 2.45) is 5.92 Å². The molecule has 2 aromatic heterocycles. The van der Waals surface area contributed by atoms with Crippen molar-refractivity contribution in [3.05, 3.63) is 34.6 Å². The van der Waals surface area contributed by atoms with Gasteiger partial charge in [0.25, 0.3) is 0 Å². The van der Waals surface area contributed by atoms with E-state index in [1.54, 1.807) is 18.3 Å². The van der Waals surface area contributed by atoms with Crippen molar-refractivity contribution >= 4 is 11.0 Å². The molecule has 0 bridgehead atoms. The Bertz CT molecular complexity index is 531. The maximum atomic E-state index is 11.5. The van der Waals surface area contributed by atoms with E-state index in [2.05, 4.69) is 23.8 Å². The number of aromatic nitrogens is 2. The lowest BCUT2D eigenvalue weighted by atomic mass is 10.1. The van der Waals surface area contributed by atoms with Crippen LogP contribution in [0.15, 0.2) is 27.5 Å². The minimum absolute atomic E-state index is 0.296. The lowest BCUT2D eigenvalue weighted by Crippen LogP contribution is -2.08. The molecule has 0 aromatic carbocycles. The van der Waals surface area contributed by atoms with E-state index in [0.29, 0.717) is 29.3 Å². The highest BCUT2D eigenvalue weighted by Gasteiger charge is 2.07. The van der Waals surface area contributed by atoms with E-state index in [1.165, 1.54) is 0 Å². The molecule has 4 heteroatoms. The molecule has 15 heavy (non-hydrogen) atoms. The molecule has 2 rings (SSSR count). The molecule has 0 aliphatic rings. The minimum atomic E-state index is -0.406. The molecule has 0 unspecified atom stereocenters. The topological polar surface area (TPSA) is 56.0 Å². The SMILES string of the molecule is CC(C)Cc1nc2cccnc2c(=O)o1. The van der Waals surface area contributed by atoms with E-state index in [9.17, 15) is 4.79 Å². The summed E-state index contributed by atoms with van der Waals surface area (Å²) in [7, 11) is 0. The smallest absolute Gasteiger partial charge is 0.365 e. The standard InChI is InChI=1S/C11H12N2O2/c1-7(2)6-9-13-8-4-3-5-12-10(8)11(14)15-9/h3-5,7H,6H2,1-2H3. The summed E-state index contributed by atoms with van der Waals surface area (Å²) in [6, 6.07) is 3.52. The van der Waals surface area contributed by atoms with Crippen LogP contribution in [0.3, 0.4) is 0 Å². The van der Waals surface area contributed by atoms with Crippen LogP contribution in [0.1, 0.15) is 19.7 Å². The van der Waals surface area contributed by atoms with E-state index >= 15 is 0 Å². The van der Waals surface area contributed by atoms with E-state index in [4.69, 9.17) is 4.42 Å². The van der Waals surface area contributed by atoms with Crippen LogP contribution >= 0.6 is 0 Å². The van der Waals surface area contributed by atoms with E-state index in [0.717, 1.165) is 0 Å². The Morgan fingerprint density at radius 2 is 2.27 bits per heavy atom. The van der Waals surface area contributed by atoms with Crippen LogP contribution in [0.4, 0.5) is 0 Å². The van der Waals surface area contributed by atoms with Crippen molar-refractivity contribution in [3.63, 3.8) is 0 Å². The Kier molecular flexibility index (Phi) is 2.49. The average Bonchev–Trinajstić information content (AvgIpc) is 2.16. The molecule has 0 atom stereocenters. The zero-order valence-electron chi connectivity index (χ0n) is 8.73. The summed E-state index contributed by atoms with van der Waals surface area (Å²) in [5.41, 5.74) is 0.491. The van der Waals surface area contributed by atoms with Crippen LogP contribution in [0, 0.1) is 5.92 Å². The monoisotopic (exact) mass is 204 g/mol. The maximum absolute atomic E-state index is 11.5. The molecule has 0 saturated heterocycles. The van der Waals surface area contributed by atoms with Gasteiger partial charge in [-0.15, -0.1) is 0 Å². The number of nitrogens with zero attached hydrogens (tertiary/aromatic N) is 2. The fourth-order valence-corrected chi connectivity index (χ4v) is 1.39. The third-order valence-corrected chi connectivity index (χ3v) is 2.02. The molecule has 78 valence electrons. The zero-order chi connectivity index (χ0) is 10.8. The van der Waals surface area contributed by atoms with Gasteiger partial charge in [0.2, 0.25) is 0 Å². The quantitative estimate of drug-likeness (QED) is 0.748. The summed E-state index contributed by atoms with van der Waals surface area (Å²) in [6.07, 6.45) is 2.23. The van der Waals surface area contributed by atoms with Gasteiger partial charge in [0, 0.05) is 12.6 Å². The molecule has 0 N–H and O–H groups in total. The average molecular weight is 204 g/mol. The Labute approximate surface area is 87.0 Å². The number of rotatable bonds is 2. The summed E-state index contributed by atoms with van der Waals surface area (Å²) >= 11 is 0. The summed E-state index contributed by atoms with van der Waals surface area (Å²) in [4.78, 5) is 19.7. The van der Waals surface area contributed by atoms with Crippen LogP contribution in [0.25, 0.3) is 11.0 Å². The van der Waals surface area contributed by atoms with Gasteiger partial charge in [0.1, 0.15) is 0 Å². The number of pyridine rings is 1. The van der Waals surface area contributed by atoms with E-state index < -0.39 is 5.63 Å². The van der Waals surface area contributed by atoms with E-state index in [-0.39, 0.29) is 0 Å². The molecule has 4 nitrogen and oxygen atoms in total. The Morgan fingerprint density at radius 1 is 1.47 bits per heavy atom. The first-order valence-corrected chi connectivity index (χ1v) is 4.91. The first-order chi connectivity index (χ1) is 7.16. The molecular formula is C11H12N2O2. The Hall–Kier alpha value is -1.71. The van der Waals surface area contributed by atoms with Crippen molar-refractivity contribution in [3.8, 4) is 0 Å². The van der Waals surface area contributed by atoms with Crippen molar-refractivity contribution in [1.82, 2.24) is 9.97 Å². The molecule has 0 fully saturated rings. The molecule has 0 aliphatic carbocycles. The van der Waals surface area contributed by atoms with Crippen LogP contribution in [0.5, 0.6) is 0 Å². The van der Waals surface area contributed by atoms with Gasteiger partial charge >= 0.3 is 5.63 Å². The van der Waals surface area contributed by atoms with Crippen molar-refractivity contribution in [1.29, 1.82) is 0 Å². The van der Waals surface area contributed by atoms with Gasteiger partial charge in [-0.05, 0) is 18.1 Å². The number of hydrogen-bond donors (Lipinski definition) is 0. The number of hydrogen-bond acceptors (Lipinski definition) is 4. The van der Waals surface area contributed by atoms with Gasteiger partial charge in [-0.2, -0.15) is 0 Å². The number of fused-ring (bicyclic) bond motifs is 1. The van der Waals surface area contributed by atoms with Gasteiger partial charge < -0.3 is 4.42 Å². The lowest BCUT2D eigenvalue weighted by molar-refractivity contribution is 0.416. The summed E-state index contributed by atoms with van der Waals surface area (Å²) in [5.74, 6) is 0.894. The van der Waals surface area contributed by atoms with Gasteiger partial charge in [0.05, 0.1) is 5.52 Å². The summed E-state index contributed by atoms with van der Waals surface area (Å²) in [6.45, 7) is 4.10. The molecular weight excluding hydrogens is 192 g/mol. The molecule has 0 aliphatic heterocycles. The van der Waals surface area contributed by atoms with Crippen LogP contribution in [0.2, 0.25) is 0 Å². The molecule has 0 spiro atoms. The zero-order valence-corrected chi connectivity index (χ0v) is 8.73.